The van der Waals surface area contributed by atoms with Crippen LogP contribution in [0.2, 0.25) is 0 Å². The minimum absolute atomic E-state index is 0.672. The second-order valence-electron chi connectivity index (χ2n) is 5.32. The zero-order valence-corrected chi connectivity index (χ0v) is 15.2. The summed E-state index contributed by atoms with van der Waals surface area (Å²) < 4.78 is 5.67. The molecule has 0 aliphatic heterocycles. The first kappa shape index (κ1) is 18.3. The molecule has 0 atom stereocenters. The topological polar surface area (TPSA) is 58.5 Å². The van der Waals surface area contributed by atoms with Crippen LogP contribution < -0.4 is 15.4 Å². The van der Waals surface area contributed by atoms with Crippen LogP contribution in [0.5, 0.6) is 5.75 Å². The Balaban J connectivity index is 1.66. The van der Waals surface area contributed by atoms with E-state index in [2.05, 4.69) is 34.5 Å². The summed E-state index contributed by atoms with van der Waals surface area (Å²) in [7, 11) is 0. The van der Waals surface area contributed by atoms with Crippen LogP contribution >= 0.6 is 11.3 Å². The summed E-state index contributed by atoms with van der Waals surface area (Å²) in [5.41, 5.74) is 0. The molecule has 0 aliphatic carbocycles. The molecule has 0 radical (unpaired) electrons. The third kappa shape index (κ3) is 7.00. The summed E-state index contributed by atoms with van der Waals surface area (Å²) >= 11 is 1.75. The van der Waals surface area contributed by atoms with Gasteiger partial charge in [0.15, 0.2) is 5.96 Å². The van der Waals surface area contributed by atoms with Gasteiger partial charge in [0, 0.05) is 43.5 Å². The van der Waals surface area contributed by atoms with Gasteiger partial charge in [0.1, 0.15) is 5.75 Å². The van der Waals surface area contributed by atoms with Crippen LogP contribution in [-0.2, 0) is 6.42 Å². The molecule has 6 heteroatoms. The number of thiazole rings is 1. The van der Waals surface area contributed by atoms with Crippen LogP contribution in [0, 0.1) is 6.92 Å². The Morgan fingerprint density at radius 2 is 2.08 bits per heavy atom. The van der Waals surface area contributed by atoms with Crippen molar-refractivity contribution in [1.29, 1.82) is 0 Å². The molecule has 1 heterocycles. The molecule has 2 rings (SSSR count). The molecule has 0 saturated heterocycles. The van der Waals surface area contributed by atoms with Crippen molar-refractivity contribution < 1.29 is 4.74 Å². The fraction of sp³-hybridized carbons (Fsp3) is 0.444. The Bertz CT molecular complexity index is 612. The van der Waals surface area contributed by atoms with E-state index in [-0.39, 0.29) is 0 Å². The highest BCUT2D eigenvalue weighted by Gasteiger charge is 2.01. The first-order valence-electron chi connectivity index (χ1n) is 8.39. The molecule has 0 fully saturated rings. The second-order valence-corrected chi connectivity index (χ2v) is 6.64. The Morgan fingerprint density at radius 3 is 2.79 bits per heavy atom. The molecular weight excluding hydrogens is 320 g/mol. The number of ether oxygens (including phenoxy) is 1. The number of guanidine groups is 1. The van der Waals surface area contributed by atoms with Crippen molar-refractivity contribution in [3.63, 3.8) is 0 Å². The average molecular weight is 347 g/mol. The van der Waals surface area contributed by atoms with Gasteiger partial charge in [-0.15, -0.1) is 11.3 Å². The zero-order chi connectivity index (χ0) is 17.0. The third-order valence-electron chi connectivity index (χ3n) is 3.23. The lowest BCUT2D eigenvalue weighted by Gasteiger charge is -2.10. The summed E-state index contributed by atoms with van der Waals surface area (Å²) in [5, 5.41) is 7.77. The smallest absolute Gasteiger partial charge is 0.191 e. The first-order chi connectivity index (χ1) is 11.8. The summed E-state index contributed by atoms with van der Waals surface area (Å²) in [6.07, 6.45) is 3.73. The highest BCUT2D eigenvalue weighted by Crippen LogP contribution is 2.11. The number of aromatic nitrogens is 1. The van der Waals surface area contributed by atoms with E-state index in [0.29, 0.717) is 6.61 Å². The number of hydrogen-bond acceptors (Lipinski definition) is 4. The lowest BCUT2D eigenvalue weighted by Crippen LogP contribution is -2.38. The van der Waals surface area contributed by atoms with Gasteiger partial charge >= 0.3 is 0 Å². The number of para-hydroxylation sites is 1. The monoisotopic (exact) mass is 346 g/mol. The maximum atomic E-state index is 5.67. The lowest BCUT2D eigenvalue weighted by molar-refractivity contribution is 0.313. The van der Waals surface area contributed by atoms with Gasteiger partial charge in [0.2, 0.25) is 0 Å². The molecule has 24 heavy (non-hydrogen) atoms. The first-order valence-corrected chi connectivity index (χ1v) is 9.21. The van der Waals surface area contributed by atoms with Gasteiger partial charge in [-0.2, -0.15) is 0 Å². The van der Waals surface area contributed by atoms with Crippen LogP contribution in [-0.4, -0.2) is 37.2 Å². The number of aryl methyl sites for hydroxylation is 1. The molecule has 0 unspecified atom stereocenters. The lowest BCUT2D eigenvalue weighted by atomic mass is 10.3. The van der Waals surface area contributed by atoms with Crippen LogP contribution in [0.1, 0.15) is 23.2 Å². The van der Waals surface area contributed by atoms with Crippen molar-refractivity contribution >= 4 is 17.3 Å². The zero-order valence-electron chi connectivity index (χ0n) is 14.4. The number of aliphatic imine (C=N–C) groups is 1. The largest absolute Gasteiger partial charge is 0.494 e. The van der Waals surface area contributed by atoms with Crippen molar-refractivity contribution in [2.75, 3.05) is 26.2 Å². The standard InChI is InChI=1S/C18H26N4OS/c1-3-19-18(21-12-10-17-22-14-15(2)24-17)20-11-7-13-23-16-8-5-4-6-9-16/h4-6,8-9,14H,3,7,10-13H2,1-2H3,(H2,19,20,21). The van der Waals surface area contributed by atoms with E-state index in [1.165, 1.54) is 4.88 Å². The Hall–Kier alpha value is -2.08. The molecule has 0 bridgehead atoms. The fourth-order valence-electron chi connectivity index (χ4n) is 2.11. The van der Waals surface area contributed by atoms with Crippen molar-refractivity contribution in [3.05, 3.63) is 46.4 Å². The van der Waals surface area contributed by atoms with E-state index in [0.717, 1.165) is 49.2 Å². The highest BCUT2D eigenvalue weighted by molar-refractivity contribution is 7.11. The van der Waals surface area contributed by atoms with E-state index >= 15 is 0 Å². The van der Waals surface area contributed by atoms with Crippen molar-refractivity contribution in [3.8, 4) is 5.75 Å². The molecule has 1 aromatic carbocycles. The van der Waals surface area contributed by atoms with Gasteiger partial charge < -0.3 is 15.4 Å². The number of rotatable bonds is 9. The van der Waals surface area contributed by atoms with Gasteiger partial charge in [0.05, 0.1) is 11.6 Å². The minimum Gasteiger partial charge on any atom is -0.494 e. The number of benzene rings is 1. The van der Waals surface area contributed by atoms with E-state index in [1.54, 1.807) is 11.3 Å². The molecule has 0 spiro atoms. The highest BCUT2D eigenvalue weighted by atomic mass is 32.1. The van der Waals surface area contributed by atoms with E-state index < -0.39 is 0 Å². The van der Waals surface area contributed by atoms with Crippen molar-refractivity contribution in [1.82, 2.24) is 15.6 Å². The second kappa shape index (κ2) is 10.6. The molecule has 2 N–H and O–H groups in total. The molecular formula is C18H26N4OS. The predicted molar refractivity (Wildman–Crippen MR) is 101 cm³/mol. The summed E-state index contributed by atoms with van der Waals surface area (Å²) in [5.74, 6) is 1.76. The number of nitrogens with zero attached hydrogens (tertiary/aromatic N) is 2. The van der Waals surface area contributed by atoms with Crippen LogP contribution in [0.25, 0.3) is 0 Å². The SMILES string of the molecule is CCNC(=NCCCOc1ccccc1)NCCc1ncc(C)s1. The molecule has 1 aromatic heterocycles. The average Bonchev–Trinajstić information content (AvgIpc) is 3.01. The molecule has 5 nitrogen and oxygen atoms in total. The molecule has 2 aromatic rings. The normalized spacial score (nSPS) is 11.3. The van der Waals surface area contributed by atoms with Gasteiger partial charge in [-0.25, -0.2) is 4.98 Å². The third-order valence-corrected chi connectivity index (χ3v) is 4.20. The molecule has 0 saturated carbocycles. The maximum Gasteiger partial charge on any atom is 0.191 e. The van der Waals surface area contributed by atoms with Gasteiger partial charge in [-0.05, 0) is 26.0 Å². The van der Waals surface area contributed by atoms with Gasteiger partial charge in [0.25, 0.3) is 0 Å². The molecule has 130 valence electrons. The van der Waals surface area contributed by atoms with Crippen LogP contribution in [0.15, 0.2) is 41.5 Å². The van der Waals surface area contributed by atoms with E-state index in [9.17, 15) is 0 Å². The Kier molecular flexibility index (Phi) is 8.10. The van der Waals surface area contributed by atoms with Crippen LogP contribution in [0.4, 0.5) is 0 Å². The van der Waals surface area contributed by atoms with Crippen molar-refractivity contribution in [2.45, 2.75) is 26.7 Å². The predicted octanol–water partition coefficient (Wildman–Crippen LogP) is 3.02. The fourth-order valence-corrected chi connectivity index (χ4v) is 2.90. The van der Waals surface area contributed by atoms with Gasteiger partial charge in [-0.1, -0.05) is 18.2 Å². The number of hydrogen-bond donors (Lipinski definition) is 2. The quantitative estimate of drug-likeness (QED) is 0.416. The maximum absolute atomic E-state index is 5.67. The Labute approximate surface area is 148 Å². The summed E-state index contributed by atoms with van der Waals surface area (Å²) in [6, 6.07) is 9.87. The van der Waals surface area contributed by atoms with E-state index in [4.69, 9.17) is 4.74 Å². The van der Waals surface area contributed by atoms with E-state index in [1.807, 2.05) is 36.5 Å². The van der Waals surface area contributed by atoms with Crippen LogP contribution in [0.3, 0.4) is 0 Å². The Morgan fingerprint density at radius 1 is 1.25 bits per heavy atom. The summed E-state index contributed by atoms with van der Waals surface area (Å²) in [4.78, 5) is 10.2. The minimum atomic E-state index is 0.672. The summed E-state index contributed by atoms with van der Waals surface area (Å²) in [6.45, 7) is 7.24. The molecule has 0 aliphatic rings. The van der Waals surface area contributed by atoms with Crippen molar-refractivity contribution in [2.24, 2.45) is 4.99 Å². The van der Waals surface area contributed by atoms with Gasteiger partial charge in [-0.3, -0.25) is 4.99 Å². The molecule has 0 amide bonds. The number of nitrogens with one attached hydrogen (secondary N) is 2.